The lowest BCUT2D eigenvalue weighted by Gasteiger charge is -2.34. The minimum atomic E-state index is -0.649. The number of hydrogen-bond acceptors (Lipinski definition) is 3. The summed E-state index contributed by atoms with van der Waals surface area (Å²) < 4.78 is 0. The molecule has 2 atom stereocenters. The van der Waals surface area contributed by atoms with Crippen LogP contribution in [0.5, 0.6) is 0 Å². The quantitative estimate of drug-likeness (QED) is 0.790. The zero-order valence-corrected chi connectivity index (χ0v) is 11.6. The first-order valence-electron chi connectivity index (χ1n) is 7.20. The van der Waals surface area contributed by atoms with E-state index in [2.05, 4.69) is 5.32 Å². The van der Waals surface area contributed by atoms with Gasteiger partial charge in [-0.25, -0.2) is 4.79 Å². The van der Waals surface area contributed by atoms with Crippen molar-refractivity contribution in [3.05, 3.63) is 0 Å². The molecule has 0 bridgehead atoms. The van der Waals surface area contributed by atoms with E-state index < -0.39 is 17.9 Å². The number of carbonyl (C=O) groups is 3. The Balaban J connectivity index is 2.13. The van der Waals surface area contributed by atoms with Gasteiger partial charge in [-0.2, -0.15) is 0 Å². The SMILES string of the molecule is CCC(C)CN1C(=O)NC(=O)C(C2CCCC2)C1=O. The van der Waals surface area contributed by atoms with E-state index >= 15 is 0 Å². The summed E-state index contributed by atoms with van der Waals surface area (Å²) in [7, 11) is 0. The van der Waals surface area contributed by atoms with Crippen LogP contribution < -0.4 is 5.32 Å². The Kier molecular flexibility index (Phi) is 4.22. The molecular weight excluding hydrogens is 244 g/mol. The summed E-state index contributed by atoms with van der Waals surface area (Å²) in [4.78, 5) is 37.4. The lowest BCUT2D eigenvalue weighted by molar-refractivity contribution is -0.145. The second-order valence-electron chi connectivity index (χ2n) is 5.78. The highest BCUT2D eigenvalue weighted by molar-refractivity contribution is 6.16. The van der Waals surface area contributed by atoms with Crippen molar-refractivity contribution in [2.75, 3.05) is 6.54 Å². The third kappa shape index (κ3) is 2.80. The standard InChI is InChI=1S/C14H22N2O3/c1-3-9(2)8-16-13(18)11(10-6-4-5-7-10)12(17)15-14(16)19/h9-11H,3-8H2,1-2H3,(H,15,17,19). The highest BCUT2D eigenvalue weighted by Crippen LogP contribution is 2.34. The third-order valence-corrected chi connectivity index (χ3v) is 4.35. The normalized spacial score (nSPS) is 26.7. The van der Waals surface area contributed by atoms with E-state index in [0.717, 1.165) is 32.1 Å². The molecule has 19 heavy (non-hydrogen) atoms. The van der Waals surface area contributed by atoms with E-state index in [4.69, 9.17) is 0 Å². The molecule has 0 aromatic heterocycles. The predicted octanol–water partition coefficient (Wildman–Crippen LogP) is 1.92. The molecule has 0 aromatic carbocycles. The van der Waals surface area contributed by atoms with Gasteiger partial charge in [0.1, 0.15) is 5.92 Å². The Morgan fingerprint density at radius 1 is 1.26 bits per heavy atom. The summed E-state index contributed by atoms with van der Waals surface area (Å²) in [5.74, 6) is -0.973. The summed E-state index contributed by atoms with van der Waals surface area (Å²) in [5, 5.41) is 2.34. The van der Waals surface area contributed by atoms with Gasteiger partial charge in [-0.15, -0.1) is 0 Å². The van der Waals surface area contributed by atoms with Crippen LogP contribution in [0.15, 0.2) is 0 Å². The number of nitrogens with one attached hydrogen (secondary N) is 1. The molecule has 1 saturated heterocycles. The first-order valence-corrected chi connectivity index (χ1v) is 7.20. The van der Waals surface area contributed by atoms with E-state index in [0.29, 0.717) is 6.54 Å². The van der Waals surface area contributed by atoms with Crippen molar-refractivity contribution in [3.8, 4) is 0 Å². The van der Waals surface area contributed by atoms with E-state index in [1.807, 2.05) is 13.8 Å². The number of hydrogen-bond donors (Lipinski definition) is 1. The summed E-state index contributed by atoms with van der Waals surface area (Å²) in [5.41, 5.74) is 0. The zero-order valence-electron chi connectivity index (χ0n) is 11.6. The fourth-order valence-electron chi connectivity index (χ4n) is 2.95. The van der Waals surface area contributed by atoms with Gasteiger partial charge in [0.2, 0.25) is 11.8 Å². The van der Waals surface area contributed by atoms with Gasteiger partial charge >= 0.3 is 6.03 Å². The average Bonchev–Trinajstić information content (AvgIpc) is 2.87. The van der Waals surface area contributed by atoms with Crippen molar-refractivity contribution in [2.24, 2.45) is 17.8 Å². The van der Waals surface area contributed by atoms with E-state index in [1.165, 1.54) is 4.90 Å². The first-order chi connectivity index (χ1) is 9.04. The first kappa shape index (κ1) is 14.0. The van der Waals surface area contributed by atoms with Crippen molar-refractivity contribution < 1.29 is 14.4 Å². The molecule has 5 nitrogen and oxygen atoms in total. The molecule has 2 fully saturated rings. The minimum Gasteiger partial charge on any atom is -0.277 e. The molecule has 0 radical (unpaired) electrons. The van der Waals surface area contributed by atoms with Crippen LogP contribution in [0.2, 0.25) is 0 Å². The molecule has 106 valence electrons. The lowest BCUT2D eigenvalue weighted by Crippen LogP contribution is -2.60. The monoisotopic (exact) mass is 266 g/mol. The van der Waals surface area contributed by atoms with Gasteiger partial charge in [0.15, 0.2) is 0 Å². The number of nitrogens with zero attached hydrogens (tertiary/aromatic N) is 1. The van der Waals surface area contributed by atoms with Crippen LogP contribution in [-0.4, -0.2) is 29.3 Å². The Labute approximate surface area is 113 Å². The molecule has 4 amide bonds. The average molecular weight is 266 g/mol. The molecule has 1 aliphatic carbocycles. The molecule has 2 aliphatic rings. The third-order valence-electron chi connectivity index (χ3n) is 4.35. The molecule has 1 saturated carbocycles. The van der Waals surface area contributed by atoms with Gasteiger partial charge < -0.3 is 0 Å². The van der Waals surface area contributed by atoms with Crippen LogP contribution in [0.4, 0.5) is 4.79 Å². The fraction of sp³-hybridized carbons (Fsp3) is 0.786. The predicted molar refractivity (Wildman–Crippen MR) is 70.2 cm³/mol. The highest BCUT2D eigenvalue weighted by Gasteiger charge is 2.45. The number of carbonyl (C=O) groups excluding carboxylic acids is 3. The largest absolute Gasteiger partial charge is 0.330 e. The van der Waals surface area contributed by atoms with Gasteiger partial charge in [0.05, 0.1) is 0 Å². The Hall–Kier alpha value is -1.39. The number of rotatable bonds is 4. The lowest BCUT2D eigenvalue weighted by atomic mass is 9.87. The fourth-order valence-corrected chi connectivity index (χ4v) is 2.95. The Morgan fingerprint density at radius 2 is 1.89 bits per heavy atom. The number of urea groups is 1. The van der Waals surface area contributed by atoms with E-state index in [-0.39, 0.29) is 17.7 Å². The smallest absolute Gasteiger partial charge is 0.277 e. The second-order valence-corrected chi connectivity index (χ2v) is 5.78. The molecule has 1 heterocycles. The molecular formula is C14H22N2O3. The summed E-state index contributed by atoms with van der Waals surface area (Å²) in [6.45, 7) is 4.43. The summed E-state index contributed by atoms with van der Waals surface area (Å²) in [6.07, 6.45) is 4.87. The van der Waals surface area contributed by atoms with Crippen molar-refractivity contribution in [1.29, 1.82) is 0 Å². The van der Waals surface area contributed by atoms with Crippen LogP contribution in [-0.2, 0) is 9.59 Å². The maximum Gasteiger partial charge on any atom is 0.330 e. The molecule has 2 rings (SSSR count). The summed E-state index contributed by atoms with van der Waals surface area (Å²) in [6, 6.07) is -0.551. The van der Waals surface area contributed by atoms with E-state index in [1.54, 1.807) is 0 Å². The van der Waals surface area contributed by atoms with Crippen LogP contribution in [0.25, 0.3) is 0 Å². The number of amides is 4. The number of barbiturate groups is 1. The molecule has 1 N–H and O–H groups in total. The van der Waals surface area contributed by atoms with Crippen molar-refractivity contribution in [2.45, 2.75) is 46.0 Å². The topological polar surface area (TPSA) is 66.5 Å². The van der Waals surface area contributed by atoms with Crippen LogP contribution in [0.3, 0.4) is 0 Å². The molecule has 5 heteroatoms. The van der Waals surface area contributed by atoms with Gasteiger partial charge in [-0.05, 0) is 24.7 Å². The minimum absolute atomic E-state index is 0.111. The molecule has 1 aliphatic heterocycles. The maximum absolute atomic E-state index is 12.4. The summed E-state index contributed by atoms with van der Waals surface area (Å²) >= 11 is 0. The van der Waals surface area contributed by atoms with Crippen LogP contribution >= 0.6 is 0 Å². The van der Waals surface area contributed by atoms with Gasteiger partial charge in [0, 0.05) is 6.54 Å². The van der Waals surface area contributed by atoms with Crippen molar-refractivity contribution in [1.82, 2.24) is 10.2 Å². The van der Waals surface area contributed by atoms with Gasteiger partial charge in [-0.1, -0.05) is 33.1 Å². The Bertz CT molecular complexity index is 388. The van der Waals surface area contributed by atoms with Crippen LogP contribution in [0, 0.1) is 17.8 Å². The number of imide groups is 2. The van der Waals surface area contributed by atoms with Gasteiger partial charge in [0.25, 0.3) is 0 Å². The second kappa shape index (κ2) is 5.72. The molecule has 2 unspecified atom stereocenters. The van der Waals surface area contributed by atoms with Crippen molar-refractivity contribution >= 4 is 17.8 Å². The molecule has 0 spiro atoms. The van der Waals surface area contributed by atoms with Crippen LogP contribution in [0.1, 0.15) is 46.0 Å². The zero-order chi connectivity index (χ0) is 14.0. The maximum atomic E-state index is 12.4. The van der Waals surface area contributed by atoms with Gasteiger partial charge in [-0.3, -0.25) is 19.8 Å². The molecule has 0 aromatic rings. The van der Waals surface area contributed by atoms with Crippen molar-refractivity contribution in [3.63, 3.8) is 0 Å². The van der Waals surface area contributed by atoms with E-state index in [9.17, 15) is 14.4 Å². The highest BCUT2D eigenvalue weighted by atomic mass is 16.2. The Morgan fingerprint density at radius 3 is 2.47 bits per heavy atom.